The fourth-order valence-electron chi connectivity index (χ4n) is 4.04. The lowest BCUT2D eigenvalue weighted by Crippen LogP contribution is -2.18. The topological polar surface area (TPSA) is 104 Å². The van der Waals surface area contributed by atoms with E-state index in [9.17, 15) is 4.79 Å². The number of pyridine rings is 1. The van der Waals surface area contributed by atoms with Gasteiger partial charge in [0.15, 0.2) is 0 Å². The van der Waals surface area contributed by atoms with Gasteiger partial charge in [0.05, 0.1) is 17.1 Å². The summed E-state index contributed by atoms with van der Waals surface area (Å²) in [5, 5.41) is 13.2. The molecular weight excluding hydrogens is 458 g/mol. The average molecular weight is 480 g/mol. The van der Waals surface area contributed by atoms with Crippen LogP contribution < -0.4 is 11.1 Å². The molecule has 1 aliphatic rings. The molecule has 0 radical (unpaired) electrons. The van der Waals surface area contributed by atoms with Crippen molar-refractivity contribution in [1.29, 1.82) is 0 Å². The number of nitrogens with one attached hydrogen (secondary N) is 1. The molecule has 0 saturated carbocycles. The van der Waals surface area contributed by atoms with E-state index in [0.29, 0.717) is 5.02 Å². The van der Waals surface area contributed by atoms with E-state index in [1.165, 1.54) is 4.68 Å². The number of carbonyl (C=O) groups is 1. The molecule has 0 aliphatic carbocycles. The first-order valence-electron chi connectivity index (χ1n) is 10.5. The monoisotopic (exact) mass is 479 g/mol. The largest absolute Gasteiger partial charge is 0.369 e. The van der Waals surface area contributed by atoms with E-state index >= 15 is 0 Å². The molecule has 1 aromatic carbocycles. The molecule has 1 unspecified atom stereocenters. The summed E-state index contributed by atoms with van der Waals surface area (Å²) < 4.78 is 3.40. The highest BCUT2D eigenvalue weighted by molar-refractivity contribution is 7.99. The third kappa shape index (κ3) is 4.21. The number of aromatic nitrogens is 5. The highest BCUT2D eigenvalue weighted by Crippen LogP contribution is 2.47. The molecule has 10 heteroatoms. The van der Waals surface area contributed by atoms with Gasteiger partial charge in [0.2, 0.25) is 5.91 Å². The molecule has 5 rings (SSSR count). The smallest absolute Gasteiger partial charge is 0.239 e. The normalized spacial score (nSPS) is 15.5. The van der Waals surface area contributed by atoms with Crippen molar-refractivity contribution in [2.24, 2.45) is 12.8 Å². The lowest BCUT2D eigenvalue weighted by Gasteiger charge is -2.18. The van der Waals surface area contributed by atoms with Crippen LogP contribution in [0.25, 0.3) is 22.5 Å². The number of primary amides is 1. The van der Waals surface area contributed by atoms with Gasteiger partial charge >= 0.3 is 0 Å². The predicted molar refractivity (Wildman–Crippen MR) is 131 cm³/mol. The number of carbonyl (C=O) groups excluding carboxylic acids is 1. The first-order valence-corrected chi connectivity index (χ1v) is 11.9. The number of hydrogen-bond donors (Lipinski definition) is 2. The minimum Gasteiger partial charge on any atom is -0.369 e. The van der Waals surface area contributed by atoms with E-state index in [2.05, 4.69) is 21.5 Å². The van der Waals surface area contributed by atoms with Crippen LogP contribution in [0.5, 0.6) is 0 Å². The van der Waals surface area contributed by atoms with Crippen LogP contribution in [-0.4, -0.2) is 42.7 Å². The number of thioether (sulfide) groups is 1. The molecule has 168 valence electrons. The van der Waals surface area contributed by atoms with Crippen LogP contribution in [0.3, 0.4) is 0 Å². The van der Waals surface area contributed by atoms with Crippen LogP contribution in [0, 0.1) is 0 Å². The van der Waals surface area contributed by atoms with Crippen molar-refractivity contribution < 1.29 is 4.79 Å². The van der Waals surface area contributed by atoms with Gasteiger partial charge in [-0.3, -0.25) is 19.1 Å². The number of rotatable bonds is 5. The quantitative estimate of drug-likeness (QED) is 0.452. The van der Waals surface area contributed by atoms with E-state index in [1.54, 1.807) is 18.6 Å². The Kier molecular flexibility index (Phi) is 5.82. The van der Waals surface area contributed by atoms with Crippen LogP contribution in [-0.2, 0) is 18.4 Å². The fraction of sp³-hybridized carbons (Fsp3) is 0.217. The second-order valence-electron chi connectivity index (χ2n) is 7.76. The van der Waals surface area contributed by atoms with Gasteiger partial charge in [-0.05, 0) is 29.3 Å². The molecule has 0 bridgehead atoms. The van der Waals surface area contributed by atoms with Gasteiger partial charge in [-0.25, -0.2) is 0 Å². The number of amides is 1. The number of aryl methyl sites for hydroxylation is 1. The maximum absolute atomic E-state index is 11.2. The van der Waals surface area contributed by atoms with Crippen molar-refractivity contribution in [2.45, 2.75) is 11.8 Å². The Morgan fingerprint density at radius 2 is 2.18 bits per heavy atom. The molecule has 1 aliphatic heterocycles. The van der Waals surface area contributed by atoms with Gasteiger partial charge in [0.1, 0.15) is 18.1 Å². The van der Waals surface area contributed by atoms with Gasteiger partial charge in [-0.1, -0.05) is 29.8 Å². The Balaban J connectivity index is 1.55. The zero-order valence-corrected chi connectivity index (χ0v) is 19.5. The Labute approximate surface area is 200 Å². The molecule has 0 fully saturated rings. The molecule has 4 heterocycles. The van der Waals surface area contributed by atoms with E-state index in [0.717, 1.165) is 51.8 Å². The summed E-state index contributed by atoms with van der Waals surface area (Å²) in [5.41, 5.74) is 10.9. The van der Waals surface area contributed by atoms with E-state index in [4.69, 9.17) is 22.4 Å². The van der Waals surface area contributed by atoms with Crippen LogP contribution in [0.4, 0.5) is 5.82 Å². The van der Waals surface area contributed by atoms with Gasteiger partial charge in [0, 0.05) is 47.9 Å². The fourth-order valence-corrected chi connectivity index (χ4v) is 5.63. The van der Waals surface area contributed by atoms with Crippen molar-refractivity contribution in [3.05, 3.63) is 71.1 Å². The highest BCUT2D eigenvalue weighted by atomic mass is 35.5. The average Bonchev–Trinajstić information content (AvgIpc) is 3.32. The summed E-state index contributed by atoms with van der Waals surface area (Å²) >= 11 is 8.68. The molecule has 0 saturated heterocycles. The first-order chi connectivity index (χ1) is 16.0. The summed E-state index contributed by atoms with van der Waals surface area (Å²) in [6.07, 6.45) is 5.28. The molecule has 1 atom stereocenters. The van der Waals surface area contributed by atoms with Crippen molar-refractivity contribution in [2.75, 3.05) is 17.6 Å². The lowest BCUT2D eigenvalue weighted by molar-refractivity contribution is -0.118. The third-order valence-electron chi connectivity index (χ3n) is 5.50. The maximum atomic E-state index is 11.2. The van der Waals surface area contributed by atoms with Gasteiger partial charge in [-0.15, -0.1) is 11.8 Å². The molecule has 4 aromatic rings. The Hall–Kier alpha value is -3.30. The second kappa shape index (κ2) is 8.92. The maximum Gasteiger partial charge on any atom is 0.239 e. The molecule has 3 aromatic heterocycles. The number of benzene rings is 1. The summed E-state index contributed by atoms with van der Waals surface area (Å²) in [6.45, 7) is 0.877. The summed E-state index contributed by atoms with van der Waals surface area (Å²) in [6, 6.07) is 11.9. The molecule has 1 amide bonds. The van der Waals surface area contributed by atoms with Gasteiger partial charge in [0.25, 0.3) is 0 Å². The van der Waals surface area contributed by atoms with Gasteiger partial charge < -0.3 is 11.1 Å². The van der Waals surface area contributed by atoms with Crippen molar-refractivity contribution in [3.63, 3.8) is 0 Å². The van der Waals surface area contributed by atoms with Crippen LogP contribution >= 0.6 is 23.4 Å². The number of nitrogens with two attached hydrogens (primary N) is 1. The van der Waals surface area contributed by atoms with Crippen molar-refractivity contribution in [1.82, 2.24) is 24.5 Å². The van der Waals surface area contributed by atoms with Crippen LogP contribution in [0.2, 0.25) is 5.02 Å². The summed E-state index contributed by atoms with van der Waals surface area (Å²) in [4.78, 5) is 15.7. The summed E-state index contributed by atoms with van der Waals surface area (Å²) in [5.74, 6) is 1.48. The SMILES string of the molecule is Cn1nc(-c2ccccn2)c2c1NCCSC2c1ccc(-c2cnn(CC(N)=O)c2)cc1Cl. The minimum absolute atomic E-state index is 0.000147. The zero-order valence-electron chi connectivity index (χ0n) is 17.9. The first kappa shape index (κ1) is 21.5. The molecular formula is C23H22ClN7OS. The predicted octanol–water partition coefficient (Wildman–Crippen LogP) is 3.73. The molecule has 3 N–H and O–H groups in total. The number of fused-ring (bicyclic) bond motifs is 1. The minimum atomic E-state index is -0.437. The molecule has 33 heavy (non-hydrogen) atoms. The van der Waals surface area contributed by atoms with Gasteiger partial charge in [-0.2, -0.15) is 10.2 Å². The third-order valence-corrected chi connectivity index (χ3v) is 7.09. The Morgan fingerprint density at radius 3 is 2.94 bits per heavy atom. The van der Waals surface area contributed by atoms with E-state index in [-0.39, 0.29) is 11.8 Å². The number of nitrogens with zero attached hydrogens (tertiary/aromatic N) is 5. The van der Waals surface area contributed by atoms with Crippen molar-refractivity contribution >= 4 is 35.1 Å². The van der Waals surface area contributed by atoms with E-state index < -0.39 is 5.91 Å². The Morgan fingerprint density at radius 1 is 1.30 bits per heavy atom. The summed E-state index contributed by atoms with van der Waals surface area (Å²) in [7, 11) is 1.94. The number of hydrogen-bond acceptors (Lipinski definition) is 6. The van der Waals surface area contributed by atoms with E-state index in [1.807, 2.05) is 53.8 Å². The van der Waals surface area contributed by atoms with Crippen LogP contribution in [0.15, 0.2) is 55.0 Å². The molecule has 8 nitrogen and oxygen atoms in total. The lowest BCUT2D eigenvalue weighted by atomic mass is 9.99. The number of halogens is 1. The number of anilines is 1. The standard InChI is InChI=1S/C23H22ClN7OS/c1-30-23-20(21(29-30)18-4-2-3-7-26-18)22(33-9-8-27-23)16-6-5-14(10-17(16)24)15-11-28-31(12-15)13-19(25)32/h2-7,10-12,22,27H,8-9,13H2,1H3,(H2,25,32). The van der Waals surface area contributed by atoms with Crippen LogP contribution in [0.1, 0.15) is 16.4 Å². The zero-order chi connectivity index (χ0) is 22.9. The highest BCUT2D eigenvalue weighted by Gasteiger charge is 2.30. The van der Waals surface area contributed by atoms with Crippen molar-refractivity contribution in [3.8, 4) is 22.5 Å². The Bertz CT molecular complexity index is 1320. The molecule has 0 spiro atoms. The second-order valence-corrected chi connectivity index (χ2v) is 9.38.